The van der Waals surface area contributed by atoms with Crippen LogP contribution >= 0.6 is 0 Å². The minimum Gasteiger partial charge on any atom is -0.486 e. The number of hydrogen-bond acceptors (Lipinski definition) is 7. The fraction of sp³-hybridized carbons (Fsp3) is 0.500. The molecule has 0 radical (unpaired) electrons. The molecule has 1 amide bonds. The van der Waals surface area contributed by atoms with E-state index in [4.69, 9.17) is 14.2 Å². The molecule has 2 saturated heterocycles. The number of rotatable bonds is 8. The van der Waals surface area contributed by atoms with Gasteiger partial charge in [0, 0.05) is 19.2 Å². The van der Waals surface area contributed by atoms with Gasteiger partial charge in [-0.3, -0.25) is 4.79 Å². The van der Waals surface area contributed by atoms with Crippen molar-refractivity contribution in [2.24, 2.45) is 0 Å². The Bertz CT molecular complexity index is 1190. The summed E-state index contributed by atoms with van der Waals surface area (Å²) in [5, 5.41) is 9.56. The summed E-state index contributed by atoms with van der Waals surface area (Å²) in [4.78, 5) is 14.9. The summed E-state index contributed by atoms with van der Waals surface area (Å²) in [6.07, 6.45) is -0.709. The van der Waals surface area contributed by atoms with Crippen molar-refractivity contribution in [1.82, 2.24) is 9.21 Å². The summed E-state index contributed by atoms with van der Waals surface area (Å²) in [6.45, 7) is 5.04. The topological polar surface area (TPSA) is 106 Å². The van der Waals surface area contributed by atoms with Gasteiger partial charge in [0.2, 0.25) is 10.0 Å². The predicted octanol–water partition coefficient (Wildman–Crippen LogP) is 1.74. The van der Waals surface area contributed by atoms with Crippen LogP contribution in [0.4, 0.5) is 0 Å². The van der Waals surface area contributed by atoms with Gasteiger partial charge >= 0.3 is 0 Å². The van der Waals surface area contributed by atoms with Crippen LogP contribution in [0.1, 0.15) is 27.0 Å². The molecule has 1 N–H and O–H groups in total. The molecule has 3 atom stereocenters. The minimum atomic E-state index is -3.66. The monoisotopic (exact) mass is 518 g/mol. The first kappa shape index (κ1) is 26.6. The quantitative estimate of drug-likeness (QED) is 0.568. The Morgan fingerprint density at radius 3 is 2.67 bits per heavy atom. The van der Waals surface area contributed by atoms with Gasteiger partial charge in [-0.05, 0) is 43.2 Å². The number of likely N-dealkylation sites (tertiary alicyclic amines) is 1. The van der Waals surface area contributed by atoms with Gasteiger partial charge in [0.05, 0.1) is 44.7 Å². The van der Waals surface area contributed by atoms with Gasteiger partial charge in [0.25, 0.3) is 5.91 Å². The van der Waals surface area contributed by atoms with E-state index in [1.807, 2.05) is 32.0 Å². The third kappa shape index (κ3) is 5.90. The maximum Gasteiger partial charge on any atom is 0.254 e. The highest BCUT2D eigenvalue weighted by atomic mass is 32.2. The Morgan fingerprint density at radius 2 is 1.92 bits per heavy atom. The molecule has 1 unspecified atom stereocenters. The van der Waals surface area contributed by atoms with Crippen LogP contribution in [0, 0.1) is 13.8 Å². The van der Waals surface area contributed by atoms with Crippen molar-refractivity contribution in [2.45, 2.75) is 37.9 Å². The van der Waals surface area contributed by atoms with E-state index in [-0.39, 0.29) is 37.5 Å². The number of carbonyl (C=O) groups excluding carboxylic acids is 1. The van der Waals surface area contributed by atoms with Crippen LogP contribution in [0.5, 0.6) is 5.75 Å². The molecule has 0 saturated carbocycles. The third-order valence-corrected chi connectivity index (χ3v) is 8.60. The van der Waals surface area contributed by atoms with Gasteiger partial charge in [0.15, 0.2) is 0 Å². The average molecular weight is 519 g/mol. The normalized spacial score (nSPS) is 23.1. The molecule has 2 fully saturated rings. The lowest BCUT2D eigenvalue weighted by molar-refractivity contribution is 0.0108. The van der Waals surface area contributed by atoms with E-state index in [9.17, 15) is 18.3 Å². The molecule has 36 heavy (non-hydrogen) atoms. The largest absolute Gasteiger partial charge is 0.486 e. The molecule has 196 valence electrons. The molecule has 4 rings (SSSR count). The van der Waals surface area contributed by atoms with E-state index < -0.39 is 22.2 Å². The van der Waals surface area contributed by atoms with Crippen LogP contribution < -0.4 is 4.74 Å². The summed E-state index contributed by atoms with van der Waals surface area (Å²) >= 11 is 0. The average Bonchev–Trinajstić information content (AvgIpc) is 3.27. The maximum absolute atomic E-state index is 13.2. The number of methoxy groups -OCH3 is 1. The first-order valence-corrected chi connectivity index (χ1v) is 13.7. The number of ether oxygens (including phenoxy) is 3. The molecule has 2 aliphatic rings. The van der Waals surface area contributed by atoms with Gasteiger partial charge in [-0.2, -0.15) is 4.31 Å². The second-order valence-electron chi connectivity index (χ2n) is 9.38. The molecule has 0 aromatic heterocycles. The van der Waals surface area contributed by atoms with E-state index in [1.165, 1.54) is 4.31 Å². The Morgan fingerprint density at radius 1 is 1.14 bits per heavy atom. The van der Waals surface area contributed by atoms with E-state index in [2.05, 4.69) is 0 Å². The molecule has 0 aliphatic carbocycles. The van der Waals surface area contributed by atoms with Crippen molar-refractivity contribution in [3.8, 4) is 5.75 Å². The summed E-state index contributed by atoms with van der Waals surface area (Å²) in [7, 11) is -2.06. The minimum absolute atomic E-state index is 0.0619. The molecule has 9 nitrogen and oxygen atoms in total. The van der Waals surface area contributed by atoms with Gasteiger partial charge < -0.3 is 24.2 Å². The zero-order valence-corrected chi connectivity index (χ0v) is 21.7. The van der Waals surface area contributed by atoms with Crippen molar-refractivity contribution in [2.75, 3.05) is 46.6 Å². The fourth-order valence-electron chi connectivity index (χ4n) is 4.71. The predicted molar refractivity (Wildman–Crippen MR) is 134 cm³/mol. The molecule has 2 aliphatic heterocycles. The Hall–Kier alpha value is -2.50. The maximum atomic E-state index is 13.2. The van der Waals surface area contributed by atoms with E-state index in [1.54, 1.807) is 36.3 Å². The van der Waals surface area contributed by atoms with Crippen molar-refractivity contribution >= 4 is 15.9 Å². The number of sulfonamides is 1. The van der Waals surface area contributed by atoms with Crippen LogP contribution in [0.2, 0.25) is 0 Å². The number of aliphatic hydroxyl groups is 1. The number of aryl methyl sites for hydroxylation is 2. The number of benzene rings is 2. The highest BCUT2D eigenvalue weighted by Crippen LogP contribution is 2.25. The molecule has 10 heteroatoms. The smallest absolute Gasteiger partial charge is 0.254 e. The lowest BCUT2D eigenvalue weighted by Crippen LogP contribution is -2.50. The third-order valence-electron chi connectivity index (χ3n) is 6.71. The number of amides is 1. The van der Waals surface area contributed by atoms with Crippen LogP contribution in [-0.2, 0) is 25.2 Å². The van der Waals surface area contributed by atoms with Gasteiger partial charge in [-0.15, -0.1) is 0 Å². The second-order valence-corrected chi connectivity index (χ2v) is 11.3. The van der Waals surface area contributed by atoms with Crippen LogP contribution in [-0.4, -0.2) is 93.5 Å². The van der Waals surface area contributed by atoms with Crippen molar-refractivity contribution in [3.63, 3.8) is 0 Å². The van der Waals surface area contributed by atoms with Gasteiger partial charge in [0.1, 0.15) is 18.0 Å². The van der Waals surface area contributed by atoms with Crippen molar-refractivity contribution in [1.29, 1.82) is 0 Å². The first-order chi connectivity index (χ1) is 17.2. The number of nitrogens with zero attached hydrogens (tertiary/aromatic N) is 2. The van der Waals surface area contributed by atoms with Crippen LogP contribution in [0.15, 0.2) is 42.5 Å². The second kappa shape index (κ2) is 11.3. The Balaban J connectivity index is 1.45. The number of aliphatic hydroxyl groups excluding tert-OH is 1. The van der Waals surface area contributed by atoms with Crippen molar-refractivity contribution in [3.05, 3.63) is 64.7 Å². The van der Waals surface area contributed by atoms with Gasteiger partial charge in [-0.1, -0.05) is 29.8 Å². The zero-order valence-electron chi connectivity index (χ0n) is 20.9. The highest BCUT2D eigenvalue weighted by Gasteiger charge is 2.38. The fourth-order valence-corrected chi connectivity index (χ4v) is 6.41. The van der Waals surface area contributed by atoms with Crippen molar-refractivity contribution < 1.29 is 32.5 Å². The molecular weight excluding hydrogens is 484 g/mol. The van der Waals surface area contributed by atoms with E-state index >= 15 is 0 Å². The Labute approximate surface area is 212 Å². The lowest BCUT2D eigenvalue weighted by atomic mass is 10.0. The summed E-state index contributed by atoms with van der Waals surface area (Å²) in [6, 6.07) is 12.2. The number of carbonyl (C=O) groups is 1. The van der Waals surface area contributed by atoms with Crippen LogP contribution in [0.25, 0.3) is 0 Å². The van der Waals surface area contributed by atoms with Gasteiger partial charge in [-0.25, -0.2) is 8.42 Å². The highest BCUT2D eigenvalue weighted by molar-refractivity contribution is 7.88. The summed E-state index contributed by atoms with van der Waals surface area (Å²) in [5.74, 6) is 0.237. The number of hydrogen-bond donors (Lipinski definition) is 1. The summed E-state index contributed by atoms with van der Waals surface area (Å²) < 4.78 is 44.5. The molecule has 0 spiro atoms. The zero-order chi connectivity index (χ0) is 25.9. The standard InChI is InChI=1S/C26H34N2O7S/c1-18-7-8-19(2)23(11-18)26(30)27-13-24(33-3)25(14-27)35-22-6-4-5-20(12-22)17-36(31,32)28-9-10-34-16-21(28)15-29/h4-8,11-12,21,24-25,29H,9-10,13-17H2,1-3H3/t21?,24-,25-/m1/s1. The summed E-state index contributed by atoms with van der Waals surface area (Å²) in [5.41, 5.74) is 3.18. The Kier molecular flexibility index (Phi) is 8.31. The molecule has 2 heterocycles. The molecular formula is C26H34N2O7S. The molecule has 2 aromatic rings. The lowest BCUT2D eigenvalue weighted by Gasteiger charge is -2.33. The van der Waals surface area contributed by atoms with Crippen LogP contribution in [0.3, 0.4) is 0 Å². The first-order valence-electron chi connectivity index (χ1n) is 12.0. The SMILES string of the molecule is CO[C@@H]1CN(C(=O)c2cc(C)ccc2C)C[C@H]1Oc1cccc(CS(=O)(=O)N2CCOCC2CO)c1. The molecule has 0 bridgehead atoms. The van der Waals surface area contributed by atoms with E-state index in [0.29, 0.717) is 36.6 Å². The number of morpholine rings is 1. The van der Waals surface area contributed by atoms with E-state index in [0.717, 1.165) is 11.1 Å². The molecule has 2 aromatic carbocycles.